The van der Waals surface area contributed by atoms with E-state index in [0.717, 1.165) is 21.7 Å². The van der Waals surface area contributed by atoms with Crippen molar-refractivity contribution >= 4 is 22.6 Å². The Bertz CT molecular complexity index is 104. The predicted octanol–water partition coefficient (Wildman–Crippen LogP) is 3.88. The van der Waals surface area contributed by atoms with E-state index in [0.29, 0.717) is 0 Å². The molecule has 0 saturated heterocycles. The molecule has 0 nitrogen and oxygen atoms in total. The molecule has 66 valence electrons. The number of fused-ring (bicyclic) bond motifs is 2. The van der Waals surface area contributed by atoms with E-state index in [2.05, 4.69) is 29.5 Å². The third-order valence-electron chi connectivity index (χ3n) is 3.21. The molecule has 2 aliphatic rings. The molecule has 1 heteroatoms. The molecule has 2 aliphatic carbocycles. The van der Waals surface area contributed by atoms with Gasteiger partial charge in [-0.1, -0.05) is 43.4 Å². The average molecular weight is 266 g/mol. The van der Waals surface area contributed by atoms with Crippen LogP contribution in [0.2, 0.25) is 0 Å². The van der Waals surface area contributed by atoms with Gasteiger partial charge in [0.15, 0.2) is 0 Å². The molecule has 0 radical (unpaired) electrons. The molecule has 0 heterocycles. The maximum atomic E-state index is 2.65. The molecular weight excluding hydrogens is 247 g/mol. The smallest absolute Gasteiger partial charge is 0.0166 e. The van der Waals surface area contributed by atoms with Gasteiger partial charge in [0.25, 0.3) is 0 Å². The summed E-state index contributed by atoms with van der Waals surface area (Å²) in [5.41, 5.74) is 0. The van der Waals surface area contributed by atoms with Crippen LogP contribution in [0.5, 0.6) is 0 Å². The van der Waals surface area contributed by atoms with Crippen molar-refractivity contribution in [3.05, 3.63) is 0 Å². The van der Waals surface area contributed by atoms with Gasteiger partial charge in [0, 0.05) is 3.92 Å². The van der Waals surface area contributed by atoms with Crippen molar-refractivity contribution in [2.45, 2.75) is 44.0 Å². The Morgan fingerprint density at radius 1 is 1.09 bits per heavy atom. The topological polar surface area (TPSA) is 0 Å². The van der Waals surface area contributed by atoms with Crippen LogP contribution in [0.1, 0.15) is 40.0 Å². The van der Waals surface area contributed by atoms with Crippen molar-refractivity contribution in [1.29, 1.82) is 0 Å². The second-order valence-corrected chi connectivity index (χ2v) is 5.08. The van der Waals surface area contributed by atoms with Gasteiger partial charge in [-0.05, 0) is 37.0 Å². The first-order valence-electron chi connectivity index (χ1n) is 4.93. The summed E-state index contributed by atoms with van der Waals surface area (Å²) in [5, 5.41) is 0. The van der Waals surface area contributed by atoms with Gasteiger partial charge >= 0.3 is 0 Å². The Morgan fingerprint density at radius 3 is 1.91 bits per heavy atom. The molecule has 2 bridgehead atoms. The Hall–Kier alpha value is 0.730. The molecular formula is C10H19I. The summed E-state index contributed by atoms with van der Waals surface area (Å²) in [6.07, 6.45) is 4.61. The van der Waals surface area contributed by atoms with Crippen LogP contribution in [0.15, 0.2) is 0 Å². The summed E-state index contributed by atoms with van der Waals surface area (Å²) < 4.78 is 1.02. The zero-order chi connectivity index (χ0) is 8.43. The van der Waals surface area contributed by atoms with Crippen molar-refractivity contribution in [2.24, 2.45) is 17.8 Å². The molecule has 0 spiro atoms. The highest BCUT2D eigenvalue weighted by molar-refractivity contribution is 14.1. The monoisotopic (exact) mass is 266 g/mol. The van der Waals surface area contributed by atoms with Gasteiger partial charge in [-0.3, -0.25) is 0 Å². The van der Waals surface area contributed by atoms with E-state index < -0.39 is 0 Å². The normalized spacial score (nSPS) is 46.9. The quantitative estimate of drug-likeness (QED) is 0.461. The van der Waals surface area contributed by atoms with Crippen molar-refractivity contribution in [3.63, 3.8) is 0 Å². The minimum atomic E-state index is 1.02. The van der Waals surface area contributed by atoms with Crippen LogP contribution in [-0.2, 0) is 0 Å². The zero-order valence-electron chi connectivity index (χ0n) is 7.81. The fourth-order valence-electron chi connectivity index (χ4n) is 2.51. The van der Waals surface area contributed by atoms with Crippen LogP contribution in [0.3, 0.4) is 0 Å². The molecule has 2 saturated carbocycles. The Morgan fingerprint density at radius 2 is 1.64 bits per heavy atom. The Kier molecular flexibility index (Phi) is 3.66. The van der Waals surface area contributed by atoms with Crippen LogP contribution < -0.4 is 0 Å². The first-order chi connectivity index (χ1) is 5.29. The molecule has 0 N–H and O–H groups in total. The number of alkyl halides is 1. The molecule has 4 unspecified atom stereocenters. The van der Waals surface area contributed by atoms with E-state index in [-0.39, 0.29) is 0 Å². The van der Waals surface area contributed by atoms with Gasteiger partial charge < -0.3 is 0 Å². The third kappa shape index (κ3) is 1.73. The van der Waals surface area contributed by atoms with Crippen molar-refractivity contribution in [2.75, 3.05) is 0 Å². The average Bonchev–Trinajstić information content (AvgIpc) is 2.60. The second kappa shape index (κ2) is 4.11. The molecule has 2 fully saturated rings. The van der Waals surface area contributed by atoms with Gasteiger partial charge in [0.1, 0.15) is 0 Å². The lowest BCUT2D eigenvalue weighted by molar-refractivity contribution is 0.380. The van der Waals surface area contributed by atoms with Crippen LogP contribution in [0.4, 0.5) is 0 Å². The lowest BCUT2D eigenvalue weighted by Gasteiger charge is -2.22. The molecule has 2 rings (SSSR count). The van der Waals surface area contributed by atoms with Crippen molar-refractivity contribution in [3.8, 4) is 0 Å². The highest BCUT2D eigenvalue weighted by Gasteiger charge is 2.43. The third-order valence-corrected chi connectivity index (χ3v) is 5.36. The Labute approximate surface area is 84.3 Å². The number of rotatable bonds is 0. The van der Waals surface area contributed by atoms with E-state index in [4.69, 9.17) is 0 Å². The molecule has 0 aromatic heterocycles. The largest absolute Gasteiger partial charge is 0.0820 e. The molecule has 0 amide bonds. The van der Waals surface area contributed by atoms with Crippen molar-refractivity contribution < 1.29 is 0 Å². The van der Waals surface area contributed by atoms with Gasteiger partial charge in [-0.25, -0.2) is 0 Å². The van der Waals surface area contributed by atoms with E-state index in [9.17, 15) is 0 Å². The van der Waals surface area contributed by atoms with Gasteiger partial charge in [-0.15, -0.1) is 0 Å². The molecule has 4 atom stereocenters. The minimum Gasteiger partial charge on any atom is -0.0820 e. The Balaban J connectivity index is 0.000000281. The molecule has 0 aromatic carbocycles. The van der Waals surface area contributed by atoms with Crippen molar-refractivity contribution in [1.82, 2.24) is 0 Å². The lowest BCUT2D eigenvalue weighted by atomic mass is 9.91. The molecule has 0 aromatic rings. The SMILES string of the molecule is CC.CC1C2CCC(C2)C1I. The summed E-state index contributed by atoms with van der Waals surface area (Å²) in [6.45, 7) is 6.43. The van der Waals surface area contributed by atoms with Crippen LogP contribution in [0, 0.1) is 17.8 Å². The van der Waals surface area contributed by atoms with Gasteiger partial charge in [-0.2, -0.15) is 0 Å². The zero-order valence-corrected chi connectivity index (χ0v) is 9.97. The fraction of sp³-hybridized carbons (Fsp3) is 1.00. The maximum Gasteiger partial charge on any atom is 0.0166 e. The maximum absolute atomic E-state index is 2.65. The summed E-state index contributed by atoms with van der Waals surface area (Å²) in [6, 6.07) is 0. The summed E-state index contributed by atoms with van der Waals surface area (Å²) in [5.74, 6) is 3.24. The van der Waals surface area contributed by atoms with Crippen LogP contribution in [-0.4, -0.2) is 3.92 Å². The highest BCUT2D eigenvalue weighted by Crippen LogP contribution is 2.51. The number of halogens is 1. The van der Waals surface area contributed by atoms with Crippen LogP contribution in [0.25, 0.3) is 0 Å². The van der Waals surface area contributed by atoms with E-state index in [1.165, 1.54) is 12.8 Å². The fourth-order valence-corrected chi connectivity index (χ4v) is 3.75. The van der Waals surface area contributed by atoms with E-state index in [1.807, 2.05) is 13.8 Å². The lowest BCUT2D eigenvalue weighted by Crippen LogP contribution is -2.18. The first-order valence-corrected chi connectivity index (χ1v) is 6.17. The summed E-state index contributed by atoms with van der Waals surface area (Å²) in [7, 11) is 0. The van der Waals surface area contributed by atoms with Crippen LogP contribution >= 0.6 is 22.6 Å². The minimum absolute atomic E-state index is 1.02. The summed E-state index contributed by atoms with van der Waals surface area (Å²) >= 11 is 2.65. The van der Waals surface area contributed by atoms with Gasteiger partial charge in [0.05, 0.1) is 0 Å². The first kappa shape index (κ1) is 9.82. The standard InChI is InChI=1S/C8H13I.C2H6/c1-5-6-2-3-7(4-6)8(5)9;1-2/h5-8H,2-4H2,1H3;1-2H3. The second-order valence-electron chi connectivity index (χ2n) is 3.64. The number of hydrogen-bond acceptors (Lipinski definition) is 0. The summed E-state index contributed by atoms with van der Waals surface area (Å²) in [4.78, 5) is 0. The van der Waals surface area contributed by atoms with Gasteiger partial charge in [0.2, 0.25) is 0 Å². The van der Waals surface area contributed by atoms with E-state index >= 15 is 0 Å². The number of hydrogen-bond donors (Lipinski definition) is 0. The predicted molar refractivity (Wildman–Crippen MR) is 59.2 cm³/mol. The molecule has 0 aliphatic heterocycles. The molecule has 11 heavy (non-hydrogen) atoms. The van der Waals surface area contributed by atoms with E-state index in [1.54, 1.807) is 6.42 Å². The highest BCUT2D eigenvalue weighted by atomic mass is 127.